The fourth-order valence-corrected chi connectivity index (χ4v) is 1.19. The first-order chi connectivity index (χ1) is 7.30. The van der Waals surface area contributed by atoms with Crippen molar-refractivity contribution < 1.29 is 23.1 Å². The third-order valence-electron chi connectivity index (χ3n) is 1.89. The molecular formula is C11H9F3O2. The first kappa shape index (κ1) is 12.3. The van der Waals surface area contributed by atoms with E-state index in [1.54, 1.807) is 19.1 Å². The summed E-state index contributed by atoms with van der Waals surface area (Å²) in [6.45, 7) is 1.71. The molecule has 0 atom stereocenters. The van der Waals surface area contributed by atoms with Crippen LogP contribution in [-0.4, -0.2) is 17.3 Å². The molecular weight excluding hydrogens is 221 g/mol. The van der Waals surface area contributed by atoms with Gasteiger partial charge in [-0.15, -0.1) is 0 Å². The molecule has 0 aliphatic rings. The highest BCUT2D eigenvalue weighted by atomic mass is 19.4. The molecule has 16 heavy (non-hydrogen) atoms. The van der Waals surface area contributed by atoms with Crippen LogP contribution >= 0.6 is 0 Å². The Balaban J connectivity index is 3.18. The Morgan fingerprint density at radius 3 is 2.44 bits per heavy atom. The predicted octanol–water partition coefficient (Wildman–Crippen LogP) is 3.03. The molecule has 1 rings (SSSR count). The second-order valence-corrected chi connectivity index (χ2v) is 3.28. The van der Waals surface area contributed by atoms with E-state index in [1.807, 2.05) is 0 Å². The molecule has 1 N–H and O–H groups in total. The molecule has 0 aliphatic heterocycles. The van der Waals surface area contributed by atoms with Gasteiger partial charge in [0.1, 0.15) is 5.57 Å². The lowest BCUT2D eigenvalue weighted by atomic mass is 10.1. The Hall–Kier alpha value is -1.78. The number of carbonyl (C=O) groups is 1. The zero-order chi connectivity index (χ0) is 12.3. The number of aryl methyl sites for hydroxylation is 1. The molecule has 1 aromatic carbocycles. The lowest BCUT2D eigenvalue weighted by Gasteiger charge is -2.07. The molecule has 0 radical (unpaired) electrons. The van der Waals surface area contributed by atoms with Crippen LogP contribution in [0.1, 0.15) is 11.1 Å². The smallest absolute Gasteiger partial charge is 0.423 e. The number of rotatable bonds is 2. The van der Waals surface area contributed by atoms with Crippen molar-refractivity contribution in [2.75, 3.05) is 0 Å². The van der Waals surface area contributed by atoms with Crippen LogP contribution in [0.15, 0.2) is 29.8 Å². The molecule has 0 heterocycles. The predicted molar refractivity (Wildman–Crippen MR) is 52.8 cm³/mol. The second-order valence-electron chi connectivity index (χ2n) is 3.28. The summed E-state index contributed by atoms with van der Waals surface area (Å²) in [6, 6.07) is 6.18. The molecule has 0 fully saturated rings. The molecule has 0 unspecified atom stereocenters. The first-order valence-corrected chi connectivity index (χ1v) is 4.39. The van der Waals surface area contributed by atoms with Gasteiger partial charge in [-0.3, -0.25) is 0 Å². The Kier molecular flexibility index (Phi) is 3.37. The first-order valence-electron chi connectivity index (χ1n) is 4.39. The van der Waals surface area contributed by atoms with Crippen LogP contribution in [0, 0.1) is 6.92 Å². The summed E-state index contributed by atoms with van der Waals surface area (Å²) < 4.78 is 36.9. The number of carboxylic acids is 1. The summed E-state index contributed by atoms with van der Waals surface area (Å²) in [4.78, 5) is 10.4. The van der Waals surface area contributed by atoms with Gasteiger partial charge in [0.05, 0.1) is 0 Å². The van der Waals surface area contributed by atoms with E-state index in [0.29, 0.717) is 6.08 Å². The van der Waals surface area contributed by atoms with Crippen molar-refractivity contribution in [3.63, 3.8) is 0 Å². The summed E-state index contributed by atoms with van der Waals surface area (Å²) in [5, 5.41) is 8.45. The monoisotopic (exact) mass is 230 g/mol. The van der Waals surface area contributed by atoms with Gasteiger partial charge in [0.15, 0.2) is 0 Å². The Morgan fingerprint density at radius 2 is 2.00 bits per heavy atom. The maximum absolute atomic E-state index is 12.3. The molecule has 0 saturated carbocycles. The van der Waals surface area contributed by atoms with Gasteiger partial charge in [-0.1, -0.05) is 29.8 Å². The van der Waals surface area contributed by atoms with Crippen LogP contribution in [0.2, 0.25) is 0 Å². The topological polar surface area (TPSA) is 37.3 Å². The van der Waals surface area contributed by atoms with Gasteiger partial charge < -0.3 is 5.11 Å². The van der Waals surface area contributed by atoms with E-state index in [1.165, 1.54) is 12.1 Å². The van der Waals surface area contributed by atoms with Crippen molar-refractivity contribution in [1.82, 2.24) is 0 Å². The zero-order valence-corrected chi connectivity index (χ0v) is 8.38. The molecule has 1 aromatic rings. The number of hydrogen-bond acceptors (Lipinski definition) is 1. The molecule has 0 spiro atoms. The van der Waals surface area contributed by atoms with E-state index >= 15 is 0 Å². The van der Waals surface area contributed by atoms with E-state index in [-0.39, 0.29) is 5.56 Å². The summed E-state index contributed by atoms with van der Waals surface area (Å²) in [5.74, 6) is -1.98. The number of hydrogen-bond donors (Lipinski definition) is 1. The van der Waals surface area contributed by atoms with E-state index in [9.17, 15) is 18.0 Å². The van der Waals surface area contributed by atoms with E-state index in [0.717, 1.165) is 5.56 Å². The van der Waals surface area contributed by atoms with Gasteiger partial charge in [0.2, 0.25) is 0 Å². The number of halogens is 3. The largest absolute Gasteiger partial charge is 0.478 e. The van der Waals surface area contributed by atoms with Crippen molar-refractivity contribution >= 4 is 12.0 Å². The van der Waals surface area contributed by atoms with Crippen molar-refractivity contribution in [3.8, 4) is 0 Å². The lowest BCUT2D eigenvalue weighted by Crippen LogP contribution is -2.19. The number of alkyl halides is 3. The summed E-state index contributed by atoms with van der Waals surface area (Å²) in [6.07, 6.45) is -4.23. The number of aliphatic carboxylic acids is 1. The van der Waals surface area contributed by atoms with Crippen molar-refractivity contribution in [2.24, 2.45) is 0 Å². The Labute approximate surface area is 90.0 Å². The van der Waals surface area contributed by atoms with Gasteiger partial charge in [-0.2, -0.15) is 13.2 Å². The van der Waals surface area contributed by atoms with Crippen LogP contribution in [0.5, 0.6) is 0 Å². The second kappa shape index (κ2) is 4.38. The average Bonchev–Trinajstić information content (AvgIpc) is 2.12. The van der Waals surface area contributed by atoms with Crippen LogP contribution in [0.4, 0.5) is 13.2 Å². The fraction of sp³-hybridized carbons (Fsp3) is 0.182. The highest BCUT2D eigenvalue weighted by molar-refractivity contribution is 5.93. The SMILES string of the molecule is Cc1cccc(/C=C(/C(=O)O)C(F)(F)F)c1. The van der Waals surface area contributed by atoms with Crippen LogP contribution < -0.4 is 0 Å². The van der Waals surface area contributed by atoms with Gasteiger partial charge in [-0.05, 0) is 18.6 Å². The summed E-state index contributed by atoms with van der Waals surface area (Å²) >= 11 is 0. The van der Waals surface area contributed by atoms with Gasteiger partial charge in [0.25, 0.3) is 0 Å². The third-order valence-corrected chi connectivity index (χ3v) is 1.89. The molecule has 0 saturated heterocycles. The standard InChI is InChI=1S/C11H9F3O2/c1-7-3-2-4-8(5-7)6-9(10(15)16)11(12,13)14/h2-6H,1H3,(H,15,16)/b9-6-. The summed E-state index contributed by atoms with van der Waals surface area (Å²) in [5.41, 5.74) is -0.589. The maximum atomic E-state index is 12.3. The quantitative estimate of drug-likeness (QED) is 0.793. The van der Waals surface area contributed by atoms with Crippen LogP contribution in [-0.2, 0) is 4.79 Å². The molecule has 2 nitrogen and oxygen atoms in total. The zero-order valence-electron chi connectivity index (χ0n) is 8.38. The minimum atomic E-state index is -4.85. The summed E-state index contributed by atoms with van der Waals surface area (Å²) in [7, 11) is 0. The fourth-order valence-electron chi connectivity index (χ4n) is 1.19. The van der Waals surface area contributed by atoms with Crippen molar-refractivity contribution in [3.05, 3.63) is 41.0 Å². The molecule has 5 heteroatoms. The number of carboxylic acid groups (broad SMARTS) is 1. The normalized spacial score (nSPS) is 12.6. The minimum Gasteiger partial charge on any atom is -0.478 e. The van der Waals surface area contributed by atoms with Crippen molar-refractivity contribution in [1.29, 1.82) is 0 Å². The average molecular weight is 230 g/mol. The highest BCUT2D eigenvalue weighted by Crippen LogP contribution is 2.27. The van der Waals surface area contributed by atoms with E-state index in [2.05, 4.69) is 0 Å². The van der Waals surface area contributed by atoms with Gasteiger partial charge in [-0.25, -0.2) is 4.79 Å². The van der Waals surface area contributed by atoms with E-state index in [4.69, 9.17) is 5.11 Å². The van der Waals surface area contributed by atoms with Crippen LogP contribution in [0.3, 0.4) is 0 Å². The molecule has 86 valence electrons. The van der Waals surface area contributed by atoms with Crippen molar-refractivity contribution in [2.45, 2.75) is 13.1 Å². The maximum Gasteiger partial charge on any atom is 0.423 e. The Morgan fingerprint density at radius 1 is 1.38 bits per heavy atom. The molecule has 0 aromatic heterocycles. The molecule has 0 aliphatic carbocycles. The number of benzene rings is 1. The van der Waals surface area contributed by atoms with Crippen LogP contribution in [0.25, 0.3) is 6.08 Å². The highest BCUT2D eigenvalue weighted by Gasteiger charge is 2.38. The Bertz CT molecular complexity index is 433. The molecule has 0 bridgehead atoms. The van der Waals surface area contributed by atoms with Gasteiger partial charge >= 0.3 is 12.1 Å². The van der Waals surface area contributed by atoms with E-state index < -0.39 is 17.7 Å². The minimum absolute atomic E-state index is 0.217. The molecule has 0 amide bonds. The third kappa shape index (κ3) is 3.12. The van der Waals surface area contributed by atoms with Gasteiger partial charge in [0, 0.05) is 0 Å². The lowest BCUT2D eigenvalue weighted by molar-refractivity contribution is -0.144.